The third-order valence-electron chi connectivity index (χ3n) is 4.33. The van der Waals surface area contributed by atoms with Crippen LogP contribution >= 0.6 is 0 Å². The Morgan fingerprint density at radius 2 is 1.79 bits per heavy atom. The molecule has 28 heavy (non-hydrogen) atoms. The second-order valence-electron chi connectivity index (χ2n) is 7.62. The largest absolute Gasteiger partial charge is 0.381 e. The van der Waals surface area contributed by atoms with Crippen molar-refractivity contribution in [3.63, 3.8) is 0 Å². The standard InChI is InChI=1S/C9H16O.C8H17NO2.C5H11NO/c1-2-9(10)8-6-4-3-5-7-8;1-8(2)6-11-5-3-4-9-7-10;1-2-3-4-5(6)7/h8H,2-7H2,1H3;7-8H,3-6H2,1-2H3,(H,9,10);2-4H2,1H3,(H2,6,7). The summed E-state index contributed by atoms with van der Waals surface area (Å²) in [7, 11) is 0. The van der Waals surface area contributed by atoms with Crippen LogP contribution in [-0.2, 0) is 19.1 Å². The zero-order valence-corrected chi connectivity index (χ0v) is 18.6. The molecule has 1 rings (SSSR count). The number of nitrogens with one attached hydrogen (secondary N) is 1. The van der Waals surface area contributed by atoms with Crippen molar-refractivity contribution < 1.29 is 19.1 Å². The Kier molecular flexibility index (Phi) is 22.5. The average molecular weight is 401 g/mol. The lowest BCUT2D eigenvalue weighted by molar-refractivity contribution is -0.123. The first kappa shape index (κ1) is 28.8. The maximum atomic E-state index is 11.2. The first-order valence-corrected chi connectivity index (χ1v) is 10.9. The fraction of sp³-hybridized carbons (Fsp3) is 0.864. The summed E-state index contributed by atoms with van der Waals surface area (Å²) in [5.74, 6) is 1.31. The van der Waals surface area contributed by atoms with Crippen molar-refractivity contribution in [1.82, 2.24) is 5.32 Å². The number of Topliss-reactive ketones (excluding diaryl/α,β-unsaturated/α-hetero) is 1. The highest BCUT2D eigenvalue weighted by Gasteiger charge is 2.18. The van der Waals surface area contributed by atoms with Crippen molar-refractivity contribution in [2.24, 2.45) is 17.6 Å². The Bertz CT molecular complexity index is 381. The van der Waals surface area contributed by atoms with E-state index in [1.54, 1.807) is 0 Å². The van der Waals surface area contributed by atoms with Gasteiger partial charge in [-0.3, -0.25) is 14.4 Å². The number of hydrogen-bond acceptors (Lipinski definition) is 4. The number of ketones is 1. The Balaban J connectivity index is 0. The first-order chi connectivity index (χ1) is 13.4. The van der Waals surface area contributed by atoms with Gasteiger partial charge < -0.3 is 15.8 Å². The molecule has 6 heteroatoms. The second kappa shape index (κ2) is 21.9. The molecule has 0 aromatic heterocycles. The Labute approximate surface area is 172 Å². The molecule has 0 aromatic carbocycles. The van der Waals surface area contributed by atoms with Crippen molar-refractivity contribution >= 4 is 18.1 Å². The zero-order chi connectivity index (χ0) is 21.6. The lowest BCUT2D eigenvalue weighted by Gasteiger charge is -2.19. The first-order valence-electron chi connectivity index (χ1n) is 10.9. The number of rotatable bonds is 12. The van der Waals surface area contributed by atoms with E-state index in [9.17, 15) is 14.4 Å². The third-order valence-corrected chi connectivity index (χ3v) is 4.33. The van der Waals surface area contributed by atoms with E-state index in [4.69, 9.17) is 10.5 Å². The van der Waals surface area contributed by atoms with E-state index in [2.05, 4.69) is 19.2 Å². The molecular formula is C22H44N2O4. The summed E-state index contributed by atoms with van der Waals surface area (Å²) in [6.45, 7) is 10.5. The summed E-state index contributed by atoms with van der Waals surface area (Å²) in [5.41, 5.74) is 4.84. The fourth-order valence-electron chi connectivity index (χ4n) is 2.72. The van der Waals surface area contributed by atoms with Crippen molar-refractivity contribution in [2.75, 3.05) is 19.8 Å². The summed E-state index contributed by atoms with van der Waals surface area (Å²) in [4.78, 5) is 30.9. The van der Waals surface area contributed by atoms with E-state index < -0.39 is 0 Å². The molecule has 6 nitrogen and oxygen atoms in total. The third kappa shape index (κ3) is 22.6. The number of unbranched alkanes of at least 4 members (excludes halogenated alkanes) is 1. The number of nitrogens with two attached hydrogens (primary N) is 1. The molecule has 1 aliphatic carbocycles. The minimum absolute atomic E-state index is 0.193. The predicted molar refractivity (Wildman–Crippen MR) is 115 cm³/mol. The monoisotopic (exact) mass is 400 g/mol. The van der Waals surface area contributed by atoms with Gasteiger partial charge in [-0.15, -0.1) is 0 Å². The molecular weight excluding hydrogens is 356 g/mol. The second-order valence-corrected chi connectivity index (χ2v) is 7.62. The van der Waals surface area contributed by atoms with Crippen LogP contribution < -0.4 is 11.1 Å². The molecule has 0 aromatic rings. The molecule has 1 fully saturated rings. The Morgan fingerprint density at radius 3 is 2.21 bits per heavy atom. The van der Waals surface area contributed by atoms with Crippen LogP contribution in [0.25, 0.3) is 0 Å². The molecule has 0 atom stereocenters. The summed E-state index contributed by atoms with van der Waals surface area (Å²) < 4.78 is 5.29. The lowest BCUT2D eigenvalue weighted by atomic mass is 9.85. The normalized spacial score (nSPS) is 13.6. The van der Waals surface area contributed by atoms with Gasteiger partial charge in [0.05, 0.1) is 0 Å². The van der Waals surface area contributed by atoms with Crippen molar-refractivity contribution in [2.45, 2.75) is 91.9 Å². The highest BCUT2D eigenvalue weighted by atomic mass is 16.5. The Morgan fingerprint density at radius 1 is 1.14 bits per heavy atom. The van der Waals surface area contributed by atoms with Crippen molar-refractivity contribution in [3.05, 3.63) is 0 Å². The van der Waals surface area contributed by atoms with E-state index in [-0.39, 0.29) is 5.91 Å². The van der Waals surface area contributed by atoms with Gasteiger partial charge in [-0.25, -0.2) is 0 Å². The summed E-state index contributed by atoms with van der Waals surface area (Å²) >= 11 is 0. The Hall–Kier alpha value is -1.43. The van der Waals surface area contributed by atoms with Gasteiger partial charge in [0.25, 0.3) is 0 Å². The molecule has 1 aliphatic rings. The predicted octanol–water partition coefficient (Wildman–Crippen LogP) is 4.00. The van der Waals surface area contributed by atoms with Gasteiger partial charge in [-0.2, -0.15) is 0 Å². The number of carbonyl (C=O) groups is 3. The maximum Gasteiger partial charge on any atom is 0.217 e. The van der Waals surface area contributed by atoms with E-state index in [0.29, 0.717) is 37.0 Å². The smallest absolute Gasteiger partial charge is 0.217 e. The molecule has 0 radical (unpaired) electrons. The number of carbonyl (C=O) groups excluding carboxylic acids is 3. The molecule has 2 amide bonds. The number of primary amides is 1. The molecule has 0 saturated heterocycles. The summed E-state index contributed by atoms with van der Waals surface area (Å²) in [6.07, 6.45) is 11.1. The minimum Gasteiger partial charge on any atom is -0.381 e. The van der Waals surface area contributed by atoms with Gasteiger partial charge in [0.2, 0.25) is 12.3 Å². The number of amides is 2. The molecule has 0 bridgehead atoms. The van der Waals surface area contributed by atoms with E-state index in [0.717, 1.165) is 51.7 Å². The van der Waals surface area contributed by atoms with Gasteiger partial charge >= 0.3 is 0 Å². The van der Waals surface area contributed by atoms with Crippen molar-refractivity contribution in [3.8, 4) is 0 Å². The van der Waals surface area contributed by atoms with Gasteiger partial charge in [0.1, 0.15) is 5.78 Å². The van der Waals surface area contributed by atoms with Gasteiger partial charge in [-0.1, -0.05) is 53.4 Å². The molecule has 166 valence electrons. The maximum absolute atomic E-state index is 11.2. The quantitative estimate of drug-likeness (QED) is 0.382. The van der Waals surface area contributed by atoms with E-state index >= 15 is 0 Å². The van der Waals surface area contributed by atoms with E-state index in [1.807, 2.05) is 13.8 Å². The van der Waals surface area contributed by atoms with Crippen LogP contribution in [-0.4, -0.2) is 37.9 Å². The average Bonchev–Trinajstić information content (AvgIpc) is 2.70. The number of hydrogen-bond donors (Lipinski definition) is 2. The SMILES string of the molecule is CC(C)COCCCNC=O.CCC(=O)C1CCCCC1.CCCCC(N)=O. The molecule has 1 saturated carbocycles. The van der Waals surface area contributed by atoms with E-state index in [1.165, 1.54) is 19.3 Å². The highest BCUT2D eigenvalue weighted by molar-refractivity contribution is 5.80. The van der Waals surface area contributed by atoms with Crippen LogP contribution in [0.1, 0.15) is 91.9 Å². The van der Waals surface area contributed by atoms with Crippen molar-refractivity contribution in [1.29, 1.82) is 0 Å². The zero-order valence-electron chi connectivity index (χ0n) is 18.6. The van der Waals surface area contributed by atoms with Gasteiger partial charge in [0.15, 0.2) is 0 Å². The topological polar surface area (TPSA) is 98.5 Å². The highest BCUT2D eigenvalue weighted by Crippen LogP contribution is 2.24. The summed E-state index contributed by atoms with van der Waals surface area (Å²) in [5, 5.41) is 2.58. The number of ether oxygens (including phenoxy) is 1. The fourth-order valence-corrected chi connectivity index (χ4v) is 2.72. The van der Waals surface area contributed by atoms with Crippen LogP contribution in [0.4, 0.5) is 0 Å². The minimum atomic E-state index is -0.193. The molecule has 3 N–H and O–H groups in total. The van der Waals surface area contributed by atoms with Crippen LogP contribution in [0.3, 0.4) is 0 Å². The van der Waals surface area contributed by atoms with Crippen LogP contribution in [0.15, 0.2) is 0 Å². The van der Waals surface area contributed by atoms with Crippen LogP contribution in [0.2, 0.25) is 0 Å². The molecule has 0 spiro atoms. The summed E-state index contributed by atoms with van der Waals surface area (Å²) in [6, 6.07) is 0. The van der Waals surface area contributed by atoms with Crippen LogP contribution in [0.5, 0.6) is 0 Å². The molecule has 0 aliphatic heterocycles. The van der Waals surface area contributed by atoms with Gasteiger partial charge in [0, 0.05) is 38.5 Å². The lowest BCUT2D eigenvalue weighted by Crippen LogP contribution is -2.16. The molecule has 0 heterocycles. The molecule has 0 unspecified atom stereocenters. The van der Waals surface area contributed by atoms with Crippen LogP contribution in [0, 0.1) is 11.8 Å². The van der Waals surface area contributed by atoms with Gasteiger partial charge in [-0.05, 0) is 31.6 Å².